The number of benzene rings is 1. The Hall–Kier alpha value is -1.13. The molecule has 1 heterocycles. The highest BCUT2D eigenvalue weighted by atomic mass is 35.5. The van der Waals surface area contributed by atoms with Gasteiger partial charge >= 0.3 is 6.09 Å². The molecule has 6 heteroatoms. The van der Waals surface area contributed by atoms with Crippen molar-refractivity contribution in [2.24, 2.45) is 0 Å². The van der Waals surface area contributed by atoms with Crippen molar-refractivity contribution >= 4 is 29.3 Å². The van der Waals surface area contributed by atoms with Crippen molar-refractivity contribution in [3.05, 3.63) is 28.8 Å². The minimum absolute atomic E-state index is 0.449. The molecule has 0 bridgehead atoms. The van der Waals surface area contributed by atoms with Crippen LogP contribution in [-0.2, 0) is 4.74 Å². The van der Waals surface area contributed by atoms with Crippen molar-refractivity contribution in [3.8, 4) is 5.75 Å². The summed E-state index contributed by atoms with van der Waals surface area (Å²) in [6, 6.07) is 4.85. The Morgan fingerprint density at radius 2 is 2.00 bits per heavy atom. The Bertz CT molecular complexity index is 581. The zero-order valence-electron chi connectivity index (χ0n) is 13.4. The number of alkyl carbamates (subject to hydrolysis) is 1. The molecule has 1 aromatic carbocycles. The van der Waals surface area contributed by atoms with Crippen LogP contribution < -0.4 is 10.1 Å². The van der Waals surface area contributed by atoms with Gasteiger partial charge in [0.25, 0.3) is 0 Å². The SMILES string of the molecule is CC(C)(C)OC(=O)NC1C(Cl)c2cc(Cl)ccc2OC1(C)C. The first-order valence-electron chi connectivity index (χ1n) is 7.12. The van der Waals surface area contributed by atoms with Crippen molar-refractivity contribution in [3.63, 3.8) is 0 Å². The van der Waals surface area contributed by atoms with Gasteiger partial charge in [0.05, 0.1) is 11.4 Å². The van der Waals surface area contributed by atoms with E-state index >= 15 is 0 Å². The Morgan fingerprint density at radius 3 is 2.59 bits per heavy atom. The lowest BCUT2D eigenvalue weighted by Gasteiger charge is -2.43. The number of hydrogen-bond acceptors (Lipinski definition) is 3. The van der Waals surface area contributed by atoms with E-state index in [4.69, 9.17) is 32.7 Å². The lowest BCUT2D eigenvalue weighted by Crippen LogP contribution is -2.57. The molecule has 2 atom stereocenters. The minimum atomic E-state index is -0.676. The number of carbonyl (C=O) groups excluding carboxylic acids is 1. The van der Waals surface area contributed by atoms with Crippen LogP contribution in [0.2, 0.25) is 5.02 Å². The van der Waals surface area contributed by atoms with Gasteiger partial charge in [-0.05, 0) is 52.8 Å². The second kappa shape index (κ2) is 5.82. The fraction of sp³-hybridized carbons (Fsp3) is 0.562. The lowest BCUT2D eigenvalue weighted by molar-refractivity contribution is 0.0207. The van der Waals surface area contributed by atoms with Gasteiger partial charge in [-0.2, -0.15) is 0 Å². The molecule has 1 amide bonds. The monoisotopic (exact) mass is 345 g/mol. The quantitative estimate of drug-likeness (QED) is 0.751. The average molecular weight is 346 g/mol. The van der Waals surface area contributed by atoms with E-state index in [1.165, 1.54) is 0 Å². The van der Waals surface area contributed by atoms with Gasteiger partial charge in [0.2, 0.25) is 0 Å². The number of hydrogen-bond donors (Lipinski definition) is 1. The van der Waals surface area contributed by atoms with Gasteiger partial charge in [0.15, 0.2) is 0 Å². The number of alkyl halides is 1. The molecule has 2 rings (SSSR count). The maximum Gasteiger partial charge on any atom is 0.408 e. The summed E-state index contributed by atoms with van der Waals surface area (Å²) >= 11 is 12.6. The van der Waals surface area contributed by atoms with Gasteiger partial charge in [-0.25, -0.2) is 4.79 Å². The number of nitrogens with one attached hydrogen (secondary N) is 1. The number of halogens is 2. The summed E-state index contributed by atoms with van der Waals surface area (Å²) in [6.45, 7) is 9.18. The summed E-state index contributed by atoms with van der Waals surface area (Å²) in [5.74, 6) is 0.677. The Balaban J connectivity index is 2.25. The Kier molecular flexibility index (Phi) is 4.56. The maximum atomic E-state index is 12.1. The van der Waals surface area contributed by atoms with Crippen LogP contribution in [0.15, 0.2) is 18.2 Å². The predicted octanol–water partition coefficient (Wildman–Crippen LogP) is 4.68. The molecular formula is C16H21Cl2NO3. The van der Waals surface area contributed by atoms with Crippen LogP contribution in [0, 0.1) is 0 Å². The topological polar surface area (TPSA) is 47.6 Å². The number of ether oxygens (including phenoxy) is 2. The third-order valence-electron chi connectivity index (χ3n) is 3.36. The van der Waals surface area contributed by atoms with Crippen molar-refractivity contribution < 1.29 is 14.3 Å². The van der Waals surface area contributed by atoms with E-state index in [1.807, 2.05) is 34.6 Å². The summed E-state index contributed by atoms with van der Waals surface area (Å²) in [5.41, 5.74) is -0.494. The summed E-state index contributed by atoms with van der Waals surface area (Å²) in [5, 5.41) is 2.92. The first kappa shape index (κ1) is 17.2. The predicted molar refractivity (Wildman–Crippen MR) is 87.9 cm³/mol. The van der Waals surface area contributed by atoms with Gasteiger partial charge in [-0.1, -0.05) is 11.6 Å². The van der Waals surface area contributed by atoms with E-state index in [-0.39, 0.29) is 0 Å². The van der Waals surface area contributed by atoms with E-state index in [0.717, 1.165) is 5.56 Å². The molecule has 1 aliphatic heterocycles. The molecule has 22 heavy (non-hydrogen) atoms. The molecule has 0 spiro atoms. The summed E-state index contributed by atoms with van der Waals surface area (Å²) in [7, 11) is 0. The van der Waals surface area contributed by atoms with E-state index in [2.05, 4.69) is 5.32 Å². The highest BCUT2D eigenvalue weighted by Gasteiger charge is 2.44. The molecular weight excluding hydrogens is 325 g/mol. The molecule has 1 N–H and O–H groups in total. The molecule has 2 unspecified atom stereocenters. The fourth-order valence-electron chi connectivity index (χ4n) is 2.39. The van der Waals surface area contributed by atoms with Crippen molar-refractivity contribution in [1.82, 2.24) is 5.32 Å². The number of amides is 1. The van der Waals surface area contributed by atoms with Gasteiger partial charge < -0.3 is 14.8 Å². The van der Waals surface area contributed by atoms with Crippen LogP contribution >= 0.6 is 23.2 Å². The molecule has 4 nitrogen and oxygen atoms in total. The third kappa shape index (κ3) is 3.79. The van der Waals surface area contributed by atoms with Crippen LogP contribution in [0.4, 0.5) is 4.79 Å². The molecule has 1 aromatic rings. The first-order valence-corrected chi connectivity index (χ1v) is 7.93. The standard InChI is InChI=1S/C16H21Cl2NO3/c1-15(2,3)22-14(20)19-13-12(18)10-8-9(17)6-7-11(10)21-16(13,4)5/h6-8,12-13H,1-5H3,(H,19,20). The fourth-order valence-corrected chi connectivity index (χ4v) is 3.11. The number of fused-ring (bicyclic) bond motifs is 1. The Labute approximate surface area is 141 Å². The summed E-state index contributed by atoms with van der Waals surface area (Å²) in [6.07, 6.45) is -0.523. The van der Waals surface area contributed by atoms with Gasteiger partial charge in [0.1, 0.15) is 17.0 Å². The normalized spacial score (nSPS) is 23.2. The van der Waals surface area contributed by atoms with Crippen LogP contribution in [-0.4, -0.2) is 23.3 Å². The van der Waals surface area contributed by atoms with E-state index < -0.39 is 28.7 Å². The second-order valence-corrected chi connectivity index (χ2v) is 7.82. The largest absolute Gasteiger partial charge is 0.485 e. The molecule has 0 aromatic heterocycles. The maximum absolute atomic E-state index is 12.1. The van der Waals surface area contributed by atoms with Crippen molar-refractivity contribution in [2.75, 3.05) is 0 Å². The van der Waals surface area contributed by atoms with Crippen molar-refractivity contribution in [1.29, 1.82) is 0 Å². The molecule has 0 saturated carbocycles. The van der Waals surface area contributed by atoms with Crippen LogP contribution in [0.25, 0.3) is 0 Å². The van der Waals surface area contributed by atoms with Gasteiger partial charge in [-0.3, -0.25) is 0 Å². The third-order valence-corrected chi connectivity index (χ3v) is 4.08. The van der Waals surface area contributed by atoms with Gasteiger partial charge in [-0.15, -0.1) is 11.6 Å². The minimum Gasteiger partial charge on any atom is -0.485 e. The smallest absolute Gasteiger partial charge is 0.408 e. The molecule has 0 radical (unpaired) electrons. The van der Waals surface area contributed by atoms with Crippen LogP contribution in [0.5, 0.6) is 5.75 Å². The zero-order valence-corrected chi connectivity index (χ0v) is 14.9. The van der Waals surface area contributed by atoms with Crippen molar-refractivity contribution in [2.45, 2.75) is 57.2 Å². The zero-order chi connectivity index (χ0) is 16.7. The Morgan fingerprint density at radius 1 is 1.36 bits per heavy atom. The van der Waals surface area contributed by atoms with E-state index in [0.29, 0.717) is 10.8 Å². The molecule has 1 aliphatic rings. The van der Waals surface area contributed by atoms with E-state index in [1.54, 1.807) is 18.2 Å². The number of rotatable bonds is 1. The second-order valence-electron chi connectivity index (χ2n) is 6.91. The number of carbonyl (C=O) groups is 1. The molecule has 0 saturated heterocycles. The van der Waals surface area contributed by atoms with Crippen LogP contribution in [0.1, 0.15) is 45.6 Å². The van der Waals surface area contributed by atoms with E-state index in [9.17, 15) is 4.79 Å². The van der Waals surface area contributed by atoms with Gasteiger partial charge in [0, 0.05) is 10.6 Å². The summed E-state index contributed by atoms with van der Waals surface area (Å²) < 4.78 is 11.3. The summed E-state index contributed by atoms with van der Waals surface area (Å²) in [4.78, 5) is 12.1. The molecule has 0 aliphatic carbocycles. The molecule has 0 fully saturated rings. The lowest BCUT2D eigenvalue weighted by atomic mass is 9.88. The average Bonchev–Trinajstić information content (AvgIpc) is 2.33. The highest BCUT2D eigenvalue weighted by Crippen LogP contribution is 2.44. The molecule has 122 valence electrons. The van der Waals surface area contributed by atoms with Crippen LogP contribution in [0.3, 0.4) is 0 Å². The first-order chi connectivity index (χ1) is 9.99. The highest BCUT2D eigenvalue weighted by molar-refractivity contribution is 6.31.